The molecule has 0 fully saturated rings. The van der Waals surface area contributed by atoms with Crippen LogP contribution in [0.4, 0.5) is 14.5 Å². The van der Waals surface area contributed by atoms with E-state index >= 15 is 0 Å². The van der Waals surface area contributed by atoms with Crippen molar-refractivity contribution in [2.75, 3.05) is 5.32 Å². The van der Waals surface area contributed by atoms with E-state index in [2.05, 4.69) is 15.6 Å². The summed E-state index contributed by atoms with van der Waals surface area (Å²) in [5, 5.41) is 10.5. The number of nitrogens with zero attached hydrogens (tertiary/aromatic N) is 3. The molecule has 23 heavy (non-hydrogen) atoms. The van der Waals surface area contributed by atoms with E-state index in [-0.39, 0.29) is 11.4 Å². The minimum Gasteiger partial charge on any atom is -0.320 e. The van der Waals surface area contributed by atoms with Crippen molar-refractivity contribution in [1.29, 1.82) is 0 Å². The second kappa shape index (κ2) is 6.13. The zero-order valence-corrected chi connectivity index (χ0v) is 12.3. The summed E-state index contributed by atoms with van der Waals surface area (Å²) in [5.74, 6) is -2.63. The summed E-state index contributed by atoms with van der Waals surface area (Å²) in [6.45, 7) is 0. The average molecular weight is 335 g/mol. The molecular weight excluding hydrogens is 326 g/mol. The van der Waals surface area contributed by atoms with Gasteiger partial charge in [0.05, 0.1) is 11.9 Å². The third kappa shape index (κ3) is 3.35. The number of nitrogens with one attached hydrogen (secondary N) is 1. The number of carbonyl (C=O) groups excluding carboxylic acids is 1. The molecule has 8 heteroatoms. The molecule has 1 N–H and O–H groups in total. The molecule has 3 aromatic rings. The molecule has 1 amide bonds. The van der Waals surface area contributed by atoms with E-state index in [1.165, 1.54) is 16.9 Å². The van der Waals surface area contributed by atoms with Gasteiger partial charge in [0.25, 0.3) is 5.91 Å². The molecule has 2 aromatic carbocycles. The van der Waals surface area contributed by atoms with Gasteiger partial charge in [0.1, 0.15) is 0 Å². The standard InChI is InChI=1S/C15H9ClF2N4O/c16-9-2-1-3-11(6-9)22-8-14(20-21-22)15(23)19-10-4-5-12(17)13(18)7-10/h1-8H,(H,19,23). The highest BCUT2D eigenvalue weighted by Gasteiger charge is 2.13. The van der Waals surface area contributed by atoms with Gasteiger partial charge in [0.15, 0.2) is 17.3 Å². The van der Waals surface area contributed by atoms with Crippen molar-refractivity contribution in [3.63, 3.8) is 0 Å². The fraction of sp³-hybridized carbons (Fsp3) is 0. The Kier molecular flexibility index (Phi) is 4.03. The van der Waals surface area contributed by atoms with Crippen molar-refractivity contribution >= 4 is 23.2 Å². The van der Waals surface area contributed by atoms with E-state index in [9.17, 15) is 13.6 Å². The number of aromatic nitrogens is 3. The van der Waals surface area contributed by atoms with Crippen LogP contribution in [0.3, 0.4) is 0 Å². The number of halogens is 3. The van der Waals surface area contributed by atoms with Gasteiger partial charge in [-0.15, -0.1) is 5.10 Å². The first-order chi connectivity index (χ1) is 11.0. The second-order valence-electron chi connectivity index (χ2n) is 4.61. The molecule has 0 saturated carbocycles. The lowest BCUT2D eigenvalue weighted by atomic mass is 10.3. The van der Waals surface area contributed by atoms with Crippen molar-refractivity contribution in [2.45, 2.75) is 0 Å². The van der Waals surface area contributed by atoms with E-state index < -0.39 is 17.5 Å². The van der Waals surface area contributed by atoms with Gasteiger partial charge in [-0.25, -0.2) is 13.5 Å². The molecule has 0 radical (unpaired) electrons. The zero-order valence-electron chi connectivity index (χ0n) is 11.5. The van der Waals surface area contributed by atoms with Crippen LogP contribution in [0.1, 0.15) is 10.5 Å². The van der Waals surface area contributed by atoms with Crippen LogP contribution in [-0.2, 0) is 0 Å². The summed E-state index contributed by atoms with van der Waals surface area (Å²) in [6, 6.07) is 9.91. The fourth-order valence-electron chi connectivity index (χ4n) is 1.88. The Morgan fingerprint density at radius 1 is 1.13 bits per heavy atom. The predicted molar refractivity (Wildman–Crippen MR) is 80.7 cm³/mol. The van der Waals surface area contributed by atoms with E-state index in [1.54, 1.807) is 24.3 Å². The summed E-state index contributed by atoms with van der Waals surface area (Å²) in [4.78, 5) is 12.1. The number of amides is 1. The van der Waals surface area contributed by atoms with Crippen molar-refractivity contribution in [1.82, 2.24) is 15.0 Å². The summed E-state index contributed by atoms with van der Waals surface area (Å²) in [7, 11) is 0. The Morgan fingerprint density at radius 3 is 2.70 bits per heavy atom. The molecule has 0 unspecified atom stereocenters. The predicted octanol–water partition coefficient (Wildman–Crippen LogP) is 3.45. The Morgan fingerprint density at radius 2 is 1.96 bits per heavy atom. The molecule has 0 saturated heterocycles. The van der Waals surface area contributed by atoms with Crippen molar-refractivity contribution in [2.24, 2.45) is 0 Å². The van der Waals surface area contributed by atoms with Crippen molar-refractivity contribution in [3.05, 3.63) is 71.0 Å². The molecule has 0 bridgehead atoms. The topological polar surface area (TPSA) is 59.8 Å². The smallest absolute Gasteiger partial charge is 0.277 e. The number of anilines is 1. The Labute approximate surface area is 134 Å². The van der Waals surface area contributed by atoms with Gasteiger partial charge >= 0.3 is 0 Å². The van der Waals surface area contributed by atoms with E-state index in [0.717, 1.165) is 12.1 Å². The van der Waals surface area contributed by atoms with Gasteiger partial charge in [0.2, 0.25) is 0 Å². The van der Waals surface area contributed by atoms with Crippen molar-refractivity contribution in [3.8, 4) is 5.69 Å². The maximum Gasteiger partial charge on any atom is 0.277 e. The number of rotatable bonds is 3. The molecule has 0 aliphatic carbocycles. The molecule has 116 valence electrons. The van der Waals surface area contributed by atoms with Gasteiger partial charge in [-0.2, -0.15) is 0 Å². The normalized spacial score (nSPS) is 10.6. The maximum absolute atomic E-state index is 13.1. The summed E-state index contributed by atoms with van der Waals surface area (Å²) in [5.41, 5.74) is 0.776. The maximum atomic E-state index is 13.1. The van der Waals surface area contributed by atoms with Crippen molar-refractivity contribution < 1.29 is 13.6 Å². The first kappa shape index (κ1) is 15.1. The second-order valence-corrected chi connectivity index (χ2v) is 5.05. The minimum absolute atomic E-state index is 0.0229. The first-order valence-corrected chi connectivity index (χ1v) is 6.85. The highest BCUT2D eigenvalue weighted by Crippen LogP contribution is 2.16. The van der Waals surface area contributed by atoms with Gasteiger partial charge < -0.3 is 5.32 Å². The van der Waals surface area contributed by atoms with Crippen LogP contribution in [-0.4, -0.2) is 20.9 Å². The largest absolute Gasteiger partial charge is 0.320 e. The summed E-state index contributed by atoms with van der Waals surface area (Å²) in [6.07, 6.45) is 1.40. The number of benzene rings is 2. The molecule has 0 aliphatic heterocycles. The zero-order chi connectivity index (χ0) is 16.4. The van der Waals surface area contributed by atoms with E-state index in [1.807, 2.05) is 0 Å². The average Bonchev–Trinajstić information content (AvgIpc) is 3.01. The molecule has 3 rings (SSSR count). The van der Waals surface area contributed by atoms with Crippen LogP contribution < -0.4 is 5.32 Å². The van der Waals surface area contributed by atoms with Crippen LogP contribution in [0.15, 0.2) is 48.7 Å². The molecule has 0 aliphatic rings. The number of hydrogen-bond donors (Lipinski definition) is 1. The molecule has 1 aromatic heterocycles. The molecule has 5 nitrogen and oxygen atoms in total. The quantitative estimate of drug-likeness (QED) is 0.798. The van der Waals surface area contributed by atoms with Crippen LogP contribution in [0.5, 0.6) is 0 Å². The molecule has 0 spiro atoms. The number of carbonyl (C=O) groups is 1. The monoisotopic (exact) mass is 334 g/mol. The highest BCUT2D eigenvalue weighted by atomic mass is 35.5. The Bertz CT molecular complexity index is 881. The van der Waals surface area contributed by atoms with Crippen LogP contribution >= 0.6 is 11.6 Å². The summed E-state index contributed by atoms with van der Waals surface area (Å²) >= 11 is 5.89. The summed E-state index contributed by atoms with van der Waals surface area (Å²) < 4.78 is 27.4. The molecular formula is C15H9ClF2N4O. The van der Waals surface area contributed by atoms with Crippen LogP contribution in [0, 0.1) is 11.6 Å². The lowest BCUT2D eigenvalue weighted by Gasteiger charge is -2.03. The Balaban J connectivity index is 1.79. The van der Waals surface area contributed by atoms with Gasteiger partial charge in [-0.05, 0) is 30.3 Å². The SMILES string of the molecule is O=C(Nc1ccc(F)c(F)c1)c1cn(-c2cccc(Cl)c2)nn1. The number of hydrogen-bond acceptors (Lipinski definition) is 3. The van der Waals surface area contributed by atoms with Gasteiger partial charge in [-0.3, -0.25) is 4.79 Å². The van der Waals surface area contributed by atoms with E-state index in [0.29, 0.717) is 10.7 Å². The third-order valence-corrected chi connectivity index (χ3v) is 3.21. The van der Waals surface area contributed by atoms with E-state index in [4.69, 9.17) is 11.6 Å². The lowest BCUT2D eigenvalue weighted by Crippen LogP contribution is -2.12. The van der Waals surface area contributed by atoms with Gasteiger partial charge in [-0.1, -0.05) is 22.9 Å². The molecule has 0 atom stereocenters. The lowest BCUT2D eigenvalue weighted by molar-refractivity contribution is 0.102. The highest BCUT2D eigenvalue weighted by molar-refractivity contribution is 6.30. The Hall–Kier alpha value is -2.80. The third-order valence-electron chi connectivity index (χ3n) is 2.98. The first-order valence-electron chi connectivity index (χ1n) is 6.47. The van der Waals surface area contributed by atoms with Crippen LogP contribution in [0.2, 0.25) is 5.02 Å². The van der Waals surface area contributed by atoms with Gasteiger partial charge in [0, 0.05) is 16.8 Å². The molecule has 1 heterocycles. The minimum atomic E-state index is -1.05. The van der Waals surface area contributed by atoms with Crippen LogP contribution in [0.25, 0.3) is 5.69 Å². The fourth-order valence-corrected chi connectivity index (χ4v) is 2.07.